The first kappa shape index (κ1) is 18.8. The van der Waals surface area contributed by atoms with Gasteiger partial charge in [-0.25, -0.2) is 21.9 Å². The van der Waals surface area contributed by atoms with Crippen LogP contribution in [0.15, 0.2) is 23.1 Å². The number of likely N-dealkylation sites (N-methyl/N-ethyl adjacent to an activating group) is 1. The second kappa shape index (κ2) is 8.00. The molecule has 1 amide bonds. The molecule has 9 heteroatoms. The minimum absolute atomic E-state index is 0.0205. The topological polar surface area (TPSA) is 69.7 Å². The molecule has 1 aliphatic rings. The maximum Gasteiger partial charge on any atom is 0.240 e. The third kappa shape index (κ3) is 4.96. The van der Waals surface area contributed by atoms with Crippen LogP contribution in [0, 0.1) is 11.6 Å². The van der Waals surface area contributed by atoms with Crippen molar-refractivity contribution in [3.63, 3.8) is 0 Å². The largest absolute Gasteiger partial charge is 0.341 e. The van der Waals surface area contributed by atoms with Crippen LogP contribution in [0.5, 0.6) is 0 Å². The molecule has 24 heavy (non-hydrogen) atoms. The number of carbonyl (C=O) groups is 1. The number of sulfonamides is 1. The summed E-state index contributed by atoms with van der Waals surface area (Å²) in [7, 11) is -1.99. The number of rotatable bonds is 5. The Balaban J connectivity index is 1.88. The van der Waals surface area contributed by atoms with Gasteiger partial charge in [-0.1, -0.05) is 0 Å². The average Bonchev–Trinajstić information content (AvgIpc) is 2.74. The van der Waals surface area contributed by atoms with Crippen molar-refractivity contribution in [2.45, 2.75) is 17.7 Å². The van der Waals surface area contributed by atoms with E-state index in [0.717, 1.165) is 31.6 Å². The summed E-state index contributed by atoms with van der Waals surface area (Å²) in [6, 6.07) is 2.35. The fourth-order valence-corrected chi connectivity index (χ4v) is 3.52. The van der Waals surface area contributed by atoms with Gasteiger partial charge in [0.1, 0.15) is 0 Å². The molecule has 0 unspecified atom stereocenters. The number of benzene rings is 1. The zero-order valence-corrected chi connectivity index (χ0v) is 14.3. The Morgan fingerprint density at radius 3 is 2.62 bits per heavy atom. The van der Waals surface area contributed by atoms with Gasteiger partial charge in [0.05, 0.1) is 4.90 Å². The number of halogens is 2. The van der Waals surface area contributed by atoms with Crippen LogP contribution in [0.25, 0.3) is 0 Å². The van der Waals surface area contributed by atoms with Gasteiger partial charge in [0.2, 0.25) is 15.9 Å². The number of hydrogen-bond acceptors (Lipinski definition) is 4. The van der Waals surface area contributed by atoms with Gasteiger partial charge in [-0.2, -0.15) is 0 Å². The molecule has 134 valence electrons. The molecule has 1 N–H and O–H groups in total. The predicted molar refractivity (Wildman–Crippen MR) is 84.9 cm³/mol. The first-order valence-corrected chi connectivity index (χ1v) is 9.19. The third-order valence-electron chi connectivity index (χ3n) is 3.90. The van der Waals surface area contributed by atoms with Crippen molar-refractivity contribution in [1.82, 2.24) is 14.5 Å². The molecule has 1 aliphatic heterocycles. The Morgan fingerprint density at radius 1 is 1.17 bits per heavy atom. The van der Waals surface area contributed by atoms with Crippen LogP contribution in [0.4, 0.5) is 8.78 Å². The molecule has 1 aromatic rings. The molecule has 1 fully saturated rings. The highest BCUT2D eigenvalue weighted by molar-refractivity contribution is 7.89. The van der Waals surface area contributed by atoms with E-state index >= 15 is 0 Å². The van der Waals surface area contributed by atoms with Gasteiger partial charge < -0.3 is 9.80 Å². The summed E-state index contributed by atoms with van der Waals surface area (Å²) in [5.74, 6) is -2.48. The normalized spacial score (nSPS) is 16.9. The predicted octanol–water partition coefficient (Wildman–Crippen LogP) is 0.797. The van der Waals surface area contributed by atoms with Gasteiger partial charge in [0.15, 0.2) is 11.6 Å². The van der Waals surface area contributed by atoms with Gasteiger partial charge in [-0.15, -0.1) is 0 Å². The molecular weight excluding hydrogens is 340 g/mol. The van der Waals surface area contributed by atoms with E-state index in [9.17, 15) is 22.0 Å². The maximum atomic E-state index is 13.1. The summed E-state index contributed by atoms with van der Waals surface area (Å²) in [6.45, 7) is 2.88. The molecule has 6 nitrogen and oxygen atoms in total. The van der Waals surface area contributed by atoms with Gasteiger partial charge >= 0.3 is 0 Å². The molecule has 1 heterocycles. The van der Waals surface area contributed by atoms with Crippen molar-refractivity contribution in [1.29, 1.82) is 0 Å². The highest BCUT2D eigenvalue weighted by Crippen LogP contribution is 2.13. The molecule has 2 rings (SSSR count). The lowest BCUT2D eigenvalue weighted by molar-refractivity contribution is -0.130. The number of amides is 1. The van der Waals surface area contributed by atoms with Gasteiger partial charge in [-0.05, 0) is 38.2 Å². The Labute approximate surface area is 140 Å². The summed E-state index contributed by atoms with van der Waals surface area (Å²) in [4.78, 5) is 15.6. The highest BCUT2D eigenvalue weighted by atomic mass is 32.2. The Hall–Kier alpha value is -1.58. The first-order chi connectivity index (χ1) is 11.3. The minimum Gasteiger partial charge on any atom is -0.341 e. The fraction of sp³-hybridized carbons (Fsp3) is 0.533. The molecule has 0 aliphatic carbocycles. The van der Waals surface area contributed by atoms with E-state index in [0.29, 0.717) is 19.2 Å². The molecule has 0 saturated carbocycles. The van der Waals surface area contributed by atoms with Gasteiger partial charge in [-0.3, -0.25) is 4.79 Å². The van der Waals surface area contributed by atoms with Crippen molar-refractivity contribution < 1.29 is 22.0 Å². The summed E-state index contributed by atoms with van der Waals surface area (Å²) >= 11 is 0. The quantitative estimate of drug-likeness (QED) is 0.842. The zero-order valence-electron chi connectivity index (χ0n) is 13.5. The van der Waals surface area contributed by atoms with Crippen LogP contribution < -0.4 is 4.72 Å². The summed E-state index contributed by atoms with van der Waals surface area (Å²) in [5.41, 5.74) is 0. The molecule has 0 atom stereocenters. The fourth-order valence-electron chi connectivity index (χ4n) is 2.47. The van der Waals surface area contributed by atoms with Gasteiger partial charge in [0.25, 0.3) is 0 Å². The minimum atomic E-state index is -3.98. The molecule has 1 saturated heterocycles. The van der Waals surface area contributed by atoms with Crippen LogP contribution in [-0.2, 0) is 14.8 Å². The van der Waals surface area contributed by atoms with E-state index in [1.54, 1.807) is 4.90 Å². The van der Waals surface area contributed by atoms with E-state index in [4.69, 9.17) is 0 Å². The monoisotopic (exact) mass is 361 g/mol. The lowest BCUT2D eigenvalue weighted by Gasteiger charge is -2.20. The zero-order chi connectivity index (χ0) is 17.7. The van der Waals surface area contributed by atoms with Crippen molar-refractivity contribution in [3.8, 4) is 0 Å². The van der Waals surface area contributed by atoms with Crippen molar-refractivity contribution >= 4 is 15.9 Å². The molecule has 0 spiro atoms. The summed E-state index contributed by atoms with van der Waals surface area (Å²) < 4.78 is 52.3. The second-order valence-corrected chi connectivity index (χ2v) is 7.53. The number of nitrogens with one attached hydrogen (secondary N) is 1. The van der Waals surface area contributed by atoms with Crippen molar-refractivity contribution in [2.24, 2.45) is 0 Å². The number of nitrogens with zero attached hydrogens (tertiary/aromatic N) is 2. The number of carbonyl (C=O) groups excluding carboxylic acids is 1. The lowest BCUT2D eigenvalue weighted by Crippen LogP contribution is -2.36. The van der Waals surface area contributed by atoms with Crippen LogP contribution in [0.2, 0.25) is 0 Å². The molecule has 0 aromatic heterocycles. The van der Waals surface area contributed by atoms with Gasteiger partial charge in [0, 0.05) is 32.6 Å². The van der Waals surface area contributed by atoms with E-state index in [1.165, 1.54) is 0 Å². The van der Waals surface area contributed by atoms with Crippen molar-refractivity contribution in [2.75, 3.05) is 39.8 Å². The SMILES string of the molecule is CN1CCCN(C(=O)CCNS(=O)(=O)c2ccc(F)c(F)c2)CC1. The van der Waals surface area contributed by atoms with E-state index < -0.39 is 21.7 Å². The summed E-state index contributed by atoms with van der Waals surface area (Å²) in [5, 5.41) is 0. The Bertz CT molecular complexity index is 697. The smallest absolute Gasteiger partial charge is 0.240 e. The molecule has 1 aromatic carbocycles. The maximum absolute atomic E-state index is 13.1. The van der Waals surface area contributed by atoms with Crippen molar-refractivity contribution in [3.05, 3.63) is 29.8 Å². The van der Waals surface area contributed by atoms with Crippen LogP contribution in [-0.4, -0.2) is 63.9 Å². The first-order valence-electron chi connectivity index (χ1n) is 7.70. The van der Waals surface area contributed by atoms with E-state index in [1.807, 2.05) is 7.05 Å². The van der Waals surface area contributed by atoms with E-state index in [-0.39, 0.29) is 23.8 Å². The Kier molecular flexibility index (Phi) is 6.25. The van der Waals surface area contributed by atoms with Crippen LogP contribution in [0.3, 0.4) is 0 Å². The molecular formula is C15H21F2N3O3S. The molecule has 0 bridgehead atoms. The van der Waals surface area contributed by atoms with Crippen LogP contribution in [0.1, 0.15) is 12.8 Å². The average molecular weight is 361 g/mol. The lowest BCUT2D eigenvalue weighted by atomic mass is 10.3. The highest BCUT2D eigenvalue weighted by Gasteiger charge is 2.19. The molecule has 0 radical (unpaired) electrons. The van der Waals surface area contributed by atoms with E-state index in [2.05, 4.69) is 9.62 Å². The standard InChI is InChI=1S/C15H21F2N3O3S/c1-19-7-2-8-20(10-9-19)15(21)5-6-18-24(22,23)12-3-4-13(16)14(17)11-12/h3-4,11,18H,2,5-10H2,1H3. The third-order valence-corrected chi connectivity index (χ3v) is 5.36. The number of hydrogen-bond donors (Lipinski definition) is 1. The Morgan fingerprint density at radius 2 is 1.92 bits per heavy atom. The summed E-state index contributed by atoms with van der Waals surface area (Å²) in [6.07, 6.45) is 0.898. The second-order valence-electron chi connectivity index (χ2n) is 5.76. The van der Waals surface area contributed by atoms with Crippen LogP contribution >= 0.6 is 0 Å².